The zero-order valence-corrected chi connectivity index (χ0v) is 11.1. The van der Waals surface area contributed by atoms with Gasteiger partial charge >= 0.3 is 0 Å². The third kappa shape index (κ3) is 1.07. The van der Waals surface area contributed by atoms with E-state index in [1.807, 2.05) is 0 Å². The Labute approximate surface area is 103 Å². The molecule has 0 aromatic rings. The average molecular weight is 245 g/mol. The quantitative estimate of drug-likeness (QED) is 0.660. The summed E-state index contributed by atoms with van der Waals surface area (Å²) in [6, 6.07) is 0. The van der Waals surface area contributed by atoms with Crippen LogP contribution in [0.1, 0.15) is 40.0 Å². The number of alkyl halides is 1. The molecule has 0 amide bonds. The van der Waals surface area contributed by atoms with Crippen LogP contribution in [0.25, 0.3) is 0 Å². The molecule has 0 aromatic carbocycles. The van der Waals surface area contributed by atoms with Gasteiger partial charge < -0.3 is 9.47 Å². The maximum Gasteiger partial charge on any atom is 0.175 e. The number of hydrogen-bond donors (Lipinski definition) is 0. The minimum Gasteiger partial charge on any atom is -0.347 e. The second-order valence-electron chi connectivity index (χ2n) is 6.45. The number of hydrogen-bond acceptors (Lipinski definition) is 2. The molecule has 4 atom stereocenters. The minimum absolute atomic E-state index is 0.0913. The Morgan fingerprint density at radius 3 is 2.50 bits per heavy atom. The Balaban J connectivity index is 1.95. The highest BCUT2D eigenvalue weighted by atomic mass is 35.5. The Kier molecular flexibility index (Phi) is 2.23. The maximum atomic E-state index is 6.18. The monoisotopic (exact) mass is 244 g/mol. The molecule has 0 radical (unpaired) electrons. The van der Waals surface area contributed by atoms with Gasteiger partial charge in [0.15, 0.2) is 5.79 Å². The zero-order chi connectivity index (χ0) is 11.6. The summed E-state index contributed by atoms with van der Waals surface area (Å²) in [4.78, 5) is 0. The average Bonchev–Trinajstić information content (AvgIpc) is 2.79. The van der Waals surface area contributed by atoms with Gasteiger partial charge in [-0.3, -0.25) is 0 Å². The van der Waals surface area contributed by atoms with Gasteiger partial charge in [0, 0.05) is 11.8 Å². The molecule has 1 aliphatic heterocycles. The van der Waals surface area contributed by atoms with E-state index in [4.69, 9.17) is 21.1 Å². The van der Waals surface area contributed by atoms with Crippen LogP contribution in [0.2, 0.25) is 0 Å². The topological polar surface area (TPSA) is 18.5 Å². The molecule has 1 spiro atoms. The predicted molar refractivity (Wildman–Crippen MR) is 63.5 cm³/mol. The fourth-order valence-corrected chi connectivity index (χ4v) is 4.37. The van der Waals surface area contributed by atoms with Crippen LogP contribution in [0.15, 0.2) is 0 Å². The van der Waals surface area contributed by atoms with Gasteiger partial charge in [0.1, 0.15) is 0 Å². The summed E-state index contributed by atoms with van der Waals surface area (Å²) in [5, 5.41) is 0. The van der Waals surface area contributed by atoms with Crippen LogP contribution in [0.5, 0.6) is 0 Å². The van der Waals surface area contributed by atoms with E-state index in [1.54, 1.807) is 0 Å². The molecule has 2 unspecified atom stereocenters. The van der Waals surface area contributed by atoms with Crippen LogP contribution >= 0.6 is 11.6 Å². The van der Waals surface area contributed by atoms with E-state index in [0.717, 1.165) is 12.3 Å². The standard InChI is InChI=1S/C13H21ClO2/c1-11(2)9-4-5-12(11,3)13(6-9)15-8-10(7-14)16-13/h9-10H,4-8H2,1-3H3/t9-,10?,12-,13?/m1/s1. The molecule has 2 nitrogen and oxygen atoms in total. The first-order valence-corrected chi connectivity index (χ1v) is 6.86. The molecule has 0 N–H and O–H groups in total. The first-order valence-electron chi connectivity index (χ1n) is 6.33. The van der Waals surface area contributed by atoms with E-state index in [0.29, 0.717) is 17.9 Å². The molecule has 92 valence electrons. The molecule has 2 aliphatic carbocycles. The molecule has 3 aliphatic rings. The van der Waals surface area contributed by atoms with Crippen LogP contribution < -0.4 is 0 Å². The van der Waals surface area contributed by atoms with Gasteiger partial charge in [-0.2, -0.15) is 0 Å². The molecule has 2 bridgehead atoms. The SMILES string of the molecule is CC1(C)[C@@H]2CC[C@@]1(C)C1(C2)OCC(CCl)O1. The van der Waals surface area contributed by atoms with Crippen molar-refractivity contribution in [3.8, 4) is 0 Å². The van der Waals surface area contributed by atoms with Gasteiger partial charge in [-0.15, -0.1) is 11.6 Å². The molecule has 0 aromatic heterocycles. The van der Waals surface area contributed by atoms with Crippen molar-refractivity contribution in [3.05, 3.63) is 0 Å². The Morgan fingerprint density at radius 1 is 1.31 bits per heavy atom. The molecule has 3 heteroatoms. The van der Waals surface area contributed by atoms with Crippen molar-refractivity contribution in [1.82, 2.24) is 0 Å². The summed E-state index contributed by atoms with van der Waals surface area (Å²) in [5.74, 6) is 0.952. The van der Waals surface area contributed by atoms with Gasteiger partial charge in [-0.25, -0.2) is 0 Å². The van der Waals surface area contributed by atoms with E-state index in [-0.39, 0.29) is 17.3 Å². The van der Waals surface area contributed by atoms with Gasteiger partial charge in [0.25, 0.3) is 0 Å². The summed E-state index contributed by atoms with van der Waals surface area (Å²) in [6.45, 7) is 7.76. The number of rotatable bonds is 1. The van der Waals surface area contributed by atoms with E-state index >= 15 is 0 Å². The lowest BCUT2D eigenvalue weighted by Crippen LogP contribution is -2.48. The van der Waals surface area contributed by atoms with Crippen molar-refractivity contribution >= 4 is 11.6 Å². The van der Waals surface area contributed by atoms with Crippen LogP contribution in [-0.4, -0.2) is 24.4 Å². The fraction of sp³-hybridized carbons (Fsp3) is 1.00. The molecular formula is C13H21ClO2. The first-order chi connectivity index (χ1) is 7.45. The third-order valence-corrected chi connectivity index (χ3v) is 6.17. The largest absolute Gasteiger partial charge is 0.347 e. The second-order valence-corrected chi connectivity index (χ2v) is 6.76. The van der Waals surface area contributed by atoms with Crippen LogP contribution in [0.4, 0.5) is 0 Å². The lowest BCUT2D eigenvalue weighted by molar-refractivity contribution is -0.243. The highest BCUT2D eigenvalue weighted by molar-refractivity contribution is 6.18. The van der Waals surface area contributed by atoms with Crippen LogP contribution in [0, 0.1) is 16.7 Å². The lowest BCUT2D eigenvalue weighted by Gasteiger charge is -2.44. The molecule has 2 saturated carbocycles. The van der Waals surface area contributed by atoms with Crippen molar-refractivity contribution in [2.75, 3.05) is 12.5 Å². The van der Waals surface area contributed by atoms with Crippen molar-refractivity contribution in [3.63, 3.8) is 0 Å². The number of halogens is 1. The van der Waals surface area contributed by atoms with E-state index < -0.39 is 0 Å². The predicted octanol–water partition coefficient (Wildman–Crippen LogP) is 3.18. The van der Waals surface area contributed by atoms with E-state index in [1.165, 1.54) is 12.8 Å². The Morgan fingerprint density at radius 2 is 2.06 bits per heavy atom. The highest BCUT2D eigenvalue weighted by Crippen LogP contribution is 2.72. The van der Waals surface area contributed by atoms with Crippen molar-refractivity contribution in [1.29, 1.82) is 0 Å². The summed E-state index contributed by atoms with van der Waals surface area (Å²) in [6.07, 6.45) is 3.70. The van der Waals surface area contributed by atoms with Crippen molar-refractivity contribution in [2.24, 2.45) is 16.7 Å². The maximum absolute atomic E-state index is 6.18. The van der Waals surface area contributed by atoms with E-state index in [2.05, 4.69) is 20.8 Å². The number of fused-ring (bicyclic) bond motifs is 3. The third-order valence-electron chi connectivity index (χ3n) is 5.82. The minimum atomic E-state index is -0.334. The normalized spacial score (nSPS) is 54.0. The molecule has 1 heterocycles. The molecule has 16 heavy (non-hydrogen) atoms. The summed E-state index contributed by atoms with van der Waals surface area (Å²) in [5.41, 5.74) is 0.486. The van der Waals surface area contributed by atoms with Crippen LogP contribution in [0.3, 0.4) is 0 Å². The summed E-state index contributed by atoms with van der Waals surface area (Å²) in [7, 11) is 0. The van der Waals surface area contributed by atoms with Crippen molar-refractivity contribution in [2.45, 2.75) is 51.9 Å². The first kappa shape index (κ1) is 11.3. The molecular weight excluding hydrogens is 224 g/mol. The highest BCUT2D eigenvalue weighted by Gasteiger charge is 2.72. The van der Waals surface area contributed by atoms with Gasteiger partial charge in [0.2, 0.25) is 0 Å². The second kappa shape index (κ2) is 3.15. The molecule has 3 fully saturated rings. The molecule has 3 rings (SSSR count). The smallest absolute Gasteiger partial charge is 0.175 e. The number of ether oxygens (including phenoxy) is 2. The zero-order valence-electron chi connectivity index (χ0n) is 10.4. The molecule has 1 saturated heterocycles. The van der Waals surface area contributed by atoms with Gasteiger partial charge in [0.05, 0.1) is 18.6 Å². The summed E-state index contributed by atoms with van der Waals surface area (Å²) >= 11 is 5.88. The Hall–Kier alpha value is 0.210. The van der Waals surface area contributed by atoms with E-state index in [9.17, 15) is 0 Å². The van der Waals surface area contributed by atoms with Crippen molar-refractivity contribution < 1.29 is 9.47 Å². The fourth-order valence-electron chi connectivity index (χ4n) is 4.22. The lowest BCUT2D eigenvalue weighted by atomic mass is 9.68. The van der Waals surface area contributed by atoms with Crippen LogP contribution in [-0.2, 0) is 9.47 Å². The Bertz CT molecular complexity index is 317. The van der Waals surface area contributed by atoms with Gasteiger partial charge in [-0.1, -0.05) is 20.8 Å². The van der Waals surface area contributed by atoms with Gasteiger partial charge in [-0.05, 0) is 24.2 Å². The summed E-state index contributed by atoms with van der Waals surface area (Å²) < 4.78 is 12.2.